The second-order valence-electron chi connectivity index (χ2n) is 4.13. The Hall–Kier alpha value is -0.550. The van der Waals surface area contributed by atoms with Crippen molar-refractivity contribution < 1.29 is 5.11 Å². The fraction of sp³-hybridized carbons (Fsp3) is 0.909. The summed E-state index contributed by atoms with van der Waals surface area (Å²) >= 11 is 0. The molecule has 0 unspecified atom stereocenters. The highest BCUT2D eigenvalue weighted by Crippen LogP contribution is 2.38. The first kappa shape index (κ1) is 10.5. The van der Waals surface area contributed by atoms with Gasteiger partial charge in [-0.05, 0) is 25.7 Å². The maximum Gasteiger partial charge on any atom is 0.0689 e. The smallest absolute Gasteiger partial charge is 0.0689 e. The Morgan fingerprint density at radius 1 is 1.15 bits per heavy atom. The number of hydrogen-bond donors (Lipinski definition) is 1. The molecule has 0 atom stereocenters. The van der Waals surface area contributed by atoms with Crippen molar-refractivity contribution in [3.63, 3.8) is 0 Å². The van der Waals surface area contributed by atoms with Crippen molar-refractivity contribution >= 4 is 0 Å². The van der Waals surface area contributed by atoms with Gasteiger partial charge in [0.25, 0.3) is 0 Å². The summed E-state index contributed by atoms with van der Waals surface area (Å²) in [6, 6.07) is 2.48. The summed E-state index contributed by atoms with van der Waals surface area (Å²) in [6.45, 7) is 0.226. The maximum atomic E-state index is 9.16. The zero-order valence-corrected chi connectivity index (χ0v) is 8.26. The molecule has 0 amide bonds. The number of hydrogen-bond acceptors (Lipinski definition) is 2. The second kappa shape index (κ2) is 5.24. The molecule has 1 aliphatic rings. The van der Waals surface area contributed by atoms with Crippen LogP contribution < -0.4 is 0 Å². The van der Waals surface area contributed by atoms with E-state index < -0.39 is 0 Å². The number of aliphatic hydroxyl groups excluding tert-OH is 1. The highest BCUT2D eigenvalue weighted by Gasteiger charge is 2.29. The number of rotatable bonds is 3. The quantitative estimate of drug-likeness (QED) is 0.680. The Morgan fingerprint density at radius 3 is 2.23 bits per heavy atom. The van der Waals surface area contributed by atoms with Crippen LogP contribution in [0.5, 0.6) is 0 Å². The monoisotopic (exact) mass is 181 g/mol. The number of aliphatic hydroxyl groups is 1. The molecule has 1 rings (SSSR count). The Balaban J connectivity index is 2.50. The van der Waals surface area contributed by atoms with Gasteiger partial charge >= 0.3 is 0 Å². The van der Waals surface area contributed by atoms with E-state index in [0.29, 0.717) is 0 Å². The van der Waals surface area contributed by atoms with Gasteiger partial charge in [-0.15, -0.1) is 0 Å². The third kappa shape index (κ3) is 3.00. The minimum atomic E-state index is -0.0980. The number of nitrogens with zero attached hydrogens (tertiary/aromatic N) is 1. The highest BCUT2D eigenvalue weighted by molar-refractivity contribution is 4.99. The molecule has 1 N–H and O–H groups in total. The lowest BCUT2D eigenvalue weighted by molar-refractivity contribution is 0.237. The van der Waals surface area contributed by atoms with Gasteiger partial charge in [-0.2, -0.15) is 5.26 Å². The first-order valence-electron chi connectivity index (χ1n) is 5.35. The second-order valence-corrected chi connectivity index (χ2v) is 4.13. The fourth-order valence-electron chi connectivity index (χ4n) is 2.24. The van der Waals surface area contributed by atoms with E-state index in [2.05, 4.69) is 6.07 Å². The van der Waals surface area contributed by atoms with Crippen LogP contribution in [0.15, 0.2) is 0 Å². The lowest BCUT2D eigenvalue weighted by atomic mass is 9.78. The molecule has 0 spiro atoms. The SMILES string of the molecule is N#CC1(CCCO)CCCCCC1. The van der Waals surface area contributed by atoms with Crippen molar-refractivity contribution in [3.05, 3.63) is 0 Å². The van der Waals surface area contributed by atoms with Crippen LogP contribution in [0.1, 0.15) is 51.4 Å². The molecule has 1 aliphatic carbocycles. The lowest BCUT2D eigenvalue weighted by Crippen LogP contribution is -2.17. The molecule has 1 saturated carbocycles. The van der Waals surface area contributed by atoms with E-state index in [9.17, 15) is 0 Å². The van der Waals surface area contributed by atoms with E-state index in [4.69, 9.17) is 10.4 Å². The normalized spacial score (nSPS) is 21.8. The van der Waals surface area contributed by atoms with Gasteiger partial charge < -0.3 is 5.11 Å². The van der Waals surface area contributed by atoms with E-state index in [1.807, 2.05) is 0 Å². The molecule has 0 aromatic carbocycles. The van der Waals surface area contributed by atoms with Crippen molar-refractivity contribution in [3.8, 4) is 6.07 Å². The van der Waals surface area contributed by atoms with Gasteiger partial charge in [0, 0.05) is 6.61 Å². The average molecular weight is 181 g/mol. The molecular weight excluding hydrogens is 162 g/mol. The van der Waals surface area contributed by atoms with Crippen molar-refractivity contribution in [2.45, 2.75) is 51.4 Å². The van der Waals surface area contributed by atoms with Crippen molar-refractivity contribution in [1.29, 1.82) is 5.26 Å². The largest absolute Gasteiger partial charge is 0.396 e. The van der Waals surface area contributed by atoms with Gasteiger partial charge in [0.2, 0.25) is 0 Å². The topological polar surface area (TPSA) is 44.0 Å². The van der Waals surface area contributed by atoms with Crippen LogP contribution in [0.3, 0.4) is 0 Å². The van der Waals surface area contributed by atoms with Crippen LogP contribution in [-0.4, -0.2) is 11.7 Å². The Bertz CT molecular complexity index is 175. The summed E-state index contributed by atoms with van der Waals surface area (Å²) in [6.07, 6.45) is 8.71. The Morgan fingerprint density at radius 2 is 1.77 bits per heavy atom. The maximum absolute atomic E-state index is 9.16. The molecule has 0 aromatic rings. The van der Waals surface area contributed by atoms with E-state index in [1.54, 1.807) is 0 Å². The van der Waals surface area contributed by atoms with E-state index in [-0.39, 0.29) is 12.0 Å². The van der Waals surface area contributed by atoms with Crippen LogP contribution >= 0.6 is 0 Å². The molecule has 13 heavy (non-hydrogen) atoms. The molecule has 0 saturated heterocycles. The predicted molar refractivity (Wildman–Crippen MR) is 52.1 cm³/mol. The van der Waals surface area contributed by atoms with Crippen molar-refractivity contribution in [2.75, 3.05) is 6.61 Å². The summed E-state index contributed by atoms with van der Waals surface area (Å²) in [7, 11) is 0. The van der Waals surface area contributed by atoms with Crippen LogP contribution in [0.25, 0.3) is 0 Å². The Kier molecular flexibility index (Phi) is 4.24. The van der Waals surface area contributed by atoms with Gasteiger partial charge in [-0.25, -0.2) is 0 Å². The molecule has 2 nitrogen and oxygen atoms in total. The average Bonchev–Trinajstić information content (AvgIpc) is 2.41. The molecule has 2 heteroatoms. The van der Waals surface area contributed by atoms with Gasteiger partial charge in [0.15, 0.2) is 0 Å². The van der Waals surface area contributed by atoms with Crippen LogP contribution in [0, 0.1) is 16.7 Å². The first-order chi connectivity index (χ1) is 6.33. The third-order valence-corrected chi connectivity index (χ3v) is 3.11. The van der Waals surface area contributed by atoms with E-state index in [0.717, 1.165) is 25.7 Å². The molecule has 74 valence electrons. The van der Waals surface area contributed by atoms with Crippen molar-refractivity contribution in [1.82, 2.24) is 0 Å². The van der Waals surface area contributed by atoms with Crippen LogP contribution in [-0.2, 0) is 0 Å². The molecule has 0 bridgehead atoms. The standard InChI is InChI=1S/C11H19NO/c12-10-11(8-5-9-13)6-3-1-2-4-7-11/h13H,1-9H2. The summed E-state index contributed by atoms with van der Waals surface area (Å²) < 4.78 is 0. The van der Waals surface area contributed by atoms with Gasteiger partial charge in [0.05, 0.1) is 11.5 Å². The summed E-state index contributed by atoms with van der Waals surface area (Å²) in [5, 5.41) is 17.9. The van der Waals surface area contributed by atoms with Gasteiger partial charge in [-0.1, -0.05) is 25.7 Å². The lowest BCUT2D eigenvalue weighted by Gasteiger charge is -2.24. The van der Waals surface area contributed by atoms with E-state index in [1.165, 1.54) is 25.7 Å². The van der Waals surface area contributed by atoms with Gasteiger partial charge in [-0.3, -0.25) is 0 Å². The molecule has 1 fully saturated rings. The van der Waals surface area contributed by atoms with Gasteiger partial charge in [0.1, 0.15) is 0 Å². The summed E-state index contributed by atoms with van der Waals surface area (Å²) in [5.74, 6) is 0. The molecule has 0 aromatic heterocycles. The first-order valence-corrected chi connectivity index (χ1v) is 5.35. The summed E-state index contributed by atoms with van der Waals surface area (Å²) in [5.41, 5.74) is -0.0980. The van der Waals surface area contributed by atoms with E-state index >= 15 is 0 Å². The zero-order valence-electron chi connectivity index (χ0n) is 8.26. The Labute approximate surface area is 80.6 Å². The highest BCUT2D eigenvalue weighted by atomic mass is 16.2. The van der Waals surface area contributed by atoms with Crippen LogP contribution in [0.4, 0.5) is 0 Å². The minimum absolute atomic E-state index is 0.0980. The minimum Gasteiger partial charge on any atom is -0.396 e. The molecular formula is C11H19NO. The fourth-order valence-corrected chi connectivity index (χ4v) is 2.24. The predicted octanol–water partition coefficient (Wildman–Crippen LogP) is 2.62. The molecule has 0 radical (unpaired) electrons. The number of nitriles is 1. The third-order valence-electron chi connectivity index (χ3n) is 3.11. The molecule has 0 aliphatic heterocycles. The van der Waals surface area contributed by atoms with Crippen LogP contribution in [0.2, 0.25) is 0 Å². The zero-order chi connectivity index (χ0) is 9.57. The molecule has 0 heterocycles. The summed E-state index contributed by atoms with van der Waals surface area (Å²) in [4.78, 5) is 0. The van der Waals surface area contributed by atoms with Crippen molar-refractivity contribution in [2.24, 2.45) is 5.41 Å².